The summed E-state index contributed by atoms with van der Waals surface area (Å²) >= 11 is 0. The second-order valence-corrected chi connectivity index (χ2v) is 3.48. The lowest BCUT2D eigenvalue weighted by molar-refractivity contribution is 0.212. The molecular weight excluding hydrogens is 194 g/mol. The Morgan fingerprint density at radius 3 is 3.20 bits per heavy atom. The Morgan fingerprint density at radius 1 is 1.47 bits per heavy atom. The number of hydrogen-bond acceptors (Lipinski definition) is 6. The molecule has 2 atom stereocenters. The zero-order valence-corrected chi connectivity index (χ0v) is 8.03. The van der Waals surface area contributed by atoms with E-state index in [2.05, 4.69) is 32.8 Å². The van der Waals surface area contributed by atoms with Crippen molar-refractivity contribution >= 4 is 11.4 Å². The van der Waals surface area contributed by atoms with E-state index in [-0.39, 0.29) is 12.3 Å². The minimum Gasteiger partial charge on any atom is -0.471 e. The van der Waals surface area contributed by atoms with Crippen molar-refractivity contribution in [1.82, 2.24) is 16.2 Å². The summed E-state index contributed by atoms with van der Waals surface area (Å²) in [6.45, 7) is 0.683. The summed E-state index contributed by atoms with van der Waals surface area (Å²) < 4.78 is 5.31. The van der Waals surface area contributed by atoms with Crippen LogP contribution in [-0.4, -0.2) is 30.2 Å². The first kappa shape index (κ1) is 8.58. The summed E-state index contributed by atoms with van der Waals surface area (Å²) in [6, 6.07) is 0.126. The van der Waals surface area contributed by atoms with Crippen LogP contribution in [0, 0.1) is 6.42 Å². The van der Waals surface area contributed by atoms with Crippen molar-refractivity contribution in [2.45, 2.75) is 18.7 Å². The van der Waals surface area contributed by atoms with Crippen LogP contribution in [0.1, 0.15) is 6.42 Å². The van der Waals surface area contributed by atoms with Crippen molar-refractivity contribution in [3.63, 3.8) is 0 Å². The van der Waals surface area contributed by atoms with Gasteiger partial charge in [0.25, 0.3) is 0 Å². The first-order valence-corrected chi connectivity index (χ1v) is 4.86. The monoisotopic (exact) mass is 205 g/mol. The number of hydrogen-bond donors (Lipinski definition) is 3. The first-order valence-electron chi connectivity index (χ1n) is 4.86. The van der Waals surface area contributed by atoms with Gasteiger partial charge in [0.05, 0.1) is 18.2 Å². The highest BCUT2D eigenvalue weighted by Gasteiger charge is 2.30. The zero-order valence-electron chi connectivity index (χ0n) is 8.03. The van der Waals surface area contributed by atoms with E-state index >= 15 is 0 Å². The second kappa shape index (κ2) is 3.45. The standard InChI is InChI=1S/C9H11N5O/c1-2-11-12-6(1)7-5-8(14-13-7)9-10-3-4-15-9/h3-4,7,9-11,13H,2,5H2. The maximum Gasteiger partial charge on any atom is 0.210 e. The summed E-state index contributed by atoms with van der Waals surface area (Å²) in [7, 11) is 0. The van der Waals surface area contributed by atoms with E-state index in [1.165, 1.54) is 0 Å². The molecule has 3 aliphatic rings. The minimum absolute atomic E-state index is 0.126. The topological polar surface area (TPSA) is 70.0 Å². The smallest absolute Gasteiger partial charge is 0.210 e. The van der Waals surface area contributed by atoms with E-state index in [4.69, 9.17) is 4.74 Å². The van der Waals surface area contributed by atoms with E-state index < -0.39 is 0 Å². The first-order chi connectivity index (χ1) is 7.43. The number of nitrogens with zero attached hydrogens (tertiary/aromatic N) is 2. The number of nitrogens with one attached hydrogen (secondary N) is 3. The van der Waals surface area contributed by atoms with Crippen molar-refractivity contribution in [2.75, 3.05) is 6.54 Å². The van der Waals surface area contributed by atoms with Crippen molar-refractivity contribution in [1.29, 1.82) is 0 Å². The third kappa shape index (κ3) is 1.51. The summed E-state index contributed by atoms with van der Waals surface area (Å²) in [5, 5.41) is 11.4. The van der Waals surface area contributed by atoms with Gasteiger partial charge in [-0.05, 0) is 0 Å². The van der Waals surface area contributed by atoms with Crippen LogP contribution in [0.3, 0.4) is 0 Å². The Morgan fingerprint density at radius 2 is 2.47 bits per heavy atom. The molecule has 0 saturated carbocycles. The van der Waals surface area contributed by atoms with Gasteiger partial charge >= 0.3 is 0 Å². The lowest BCUT2D eigenvalue weighted by atomic mass is 10.0. The summed E-state index contributed by atoms with van der Waals surface area (Å²) in [6.07, 6.45) is 7.21. The van der Waals surface area contributed by atoms with Gasteiger partial charge in [-0.3, -0.25) is 0 Å². The van der Waals surface area contributed by atoms with E-state index in [0.717, 1.165) is 17.8 Å². The molecule has 0 spiro atoms. The van der Waals surface area contributed by atoms with Crippen molar-refractivity contribution in [3.8, 4) is 0 Å². The van der Waals surface area contributed by atoms with E-state index in [9.17, 15) is 0 Å². The lowest BCUT2D eigenvalue weighted by Gasteiger charge is -2.11. The van der Waals surface area contributed by atoms with Crippen molar-refractivity contribution < 1.29 is 4.74 Å². The molecule has 0 aromatic carbocycles. The highest BCUT2D eigenvalue weighted by atomic mass is 16.5. The van der Waals surface area contributed by atoms with Gasteiger partial charge in [0.1, 0.15) is 12.0 Å². The van der Waals surface area contributed by atoms with E-state index in [0.29, 0.717) is 6.54 Å². The molecule has 2 unspecified atom stereocenters. The second-order valence-electron chi connectivity index (χ2n) is 3.48. The van der Waals surface area contributed by atoms with Crippen LogP contribution in [0.4, 0.5) is 0 Å². The molecule has 6 nitrogen and oxygen atoms in total. The highest BCUT2D eigenvalue weighted by Crippen LogP contribution is 2.13. The fourth-order valence-electron chi connectivity index (χ4n) is 1.74. The predicted molar refractivity (Wildman–Crippen MR) is 54.8 cm³/mol. The zero-order chi connectivity index (χ0) is 10.1. The van der Waals surface area contributed by atoms with E-state index in [1.54, 1.807) is 12.5 Å². The van der Waals surface area contributed by atoms with Crippen LogP contribution in [0.15, 0.2) is 22.7 Å². The Labute approximate surface area is 87.4 Å². The maximum atomic E-state index is 5.31. The van der Waals surface area contributed by atoms with Crippen LogP contribution in [0.2, 0.25) is 0 Å². The Balaban J connectivity index is 1.61. The molecular formula is C9H11N5O. The third-order valence-electron chi connectivity index (χ3n) is 2.49. The fraction of sp³-hybridized carbons (Fsp3) is 0.444. The van der Waals surface area contributed by atoms with Crippen LogP contribution < -0.4 is 16.2 Å². The van der Waals surface area contributed by atoms with Gasteiger partial charge in [-0.2, -0.15) is 10.2 Å². The van der Waals surface area contributed by atoms with Crippen molar-refractivity contribution in [2.24, 2.45) is 10.2 Å². The van der Waals surface area contributed by atoms with Gasteiger partial charge in [-0.1, -0.05) is 0 Å². The van der Waals surface area contributed by atoms with Crippen LogP contribution in [-0.2, 0) is 4.74 Å². The summed E-state index contributed by atoms with van der Waals surface area (Å²) in [5.41, 5.74) is 7.75. The van der Waals surface area contributed by atoms with E-state index in [1.807, 2.05) is 0 Å². The molecule has 78 valence electrons. The largest absolute Gasteiger partial charge is 0.471 e. The van der Waals surface area contributed by atoms with Gasteiger partial charge < -0.3 is 20.9 Å². The summed E-state index contributed by atoms with van der Waals surface area (Å²) in [5.74, 6) is 0. The molecule has 0 saturated heterocycles. The molecule has 15 heavy (non-hydrogen) atoms. The molecule has 3 rings (SSSR count). The highest BCUT2D eigenvalue weighted by molar-refractivity contribution is 6.03. The Bertz CT molecular complexity index is 340. The average molecular weight is 205 g/mol. The average Bonchev–Trinajstić information content (AvgIpc) is 3.02. The Kier molecular flexibility index (Phi) is 1.97. The molecule has 3 N–H and O–H groups in total. The van der Waals surface area contributed by atoms with Crippen LogP contribution >= 0.6 is 0 Å². The molecule has 0 amide bonds. The van der Waals surface area contributed by atoms with Crippen molar-refractivity contribution in [3.05, 3.63) is 18.9 Å². The lowest BCUT2D eigenvalue weighted by Crippen LogP contribution is -2.33. The SMILES string of the molecule is [C]1CNN=C1C1CC(C2NC=CO2)=NN1. The number of rotatable bonds is 2. The van der Waals surface area contributed by atoms with Crippen LogP contribution in [0.25, 0.3) is 0 Å². The molecule has 6 heteroatoms. The molecule has 0 aliphatic carbocycles. The molecule has 0 fully saturated rings. The van der Waals surface area contributed by atoms with Gasteiger partial charge in [-0.25, -0.2) is 0 Å². The number of ether oxygens (including phenoxy) is 1. The molecule has 0 bridgehead atoms. The maximum absolute atomic E-state index is 5.31. The minimum atomic E-state index is -0.127. The van der Waals surface area contributed by atoms with Gasteiger partial charge in [0.15, 0.2) is 0 Å². The molecule has 0 aromatic rings. The fourth-order valence-corrected chi connectivity index (χ4v) is 1.74. The molecule has 3 aliphatic heterocycles. The normalized spacial score (nSPS) is 32.5. The van der Waals surface area contributed by atoms with Gasteiger partial charge in [0, 0.05) is 19.2 Å². The quantitative estimate of drug-likeness (QED) is 0.550. The summed E-state index contributed by atoms with van der Waals surface area (Å²) in [4.78, 5) is 0. The third-order valence-corrected chi connectivity index (χ3v) is 2.49. The van der Waals surface area contributed by atoms with Crippen LogP contribution in [0.5, 0.6) is 0 Å². The Hall–Kier alpha value is -1.72. The number of hydrazone groups is 2. The molecule has 2 radical (unpaired) electrons. The van der Waals surface area contributed by atoms with Gasteiger partial charge in [-0.15, -0.1) is 0 Å². The predicted octanol–water partition coefficient (Wildman–Crippen LogP) is -0.838. The molecule has 0 aromatic heterocycles. The van der Waals surface area contributed by atoms with Gasteiger partial charge in [0.2, 0.25) is 6.23 Å². The molecule has 3 heterocycles.